The van der Waals surface area contributed by atoms with Crippen LogP contribution in [0.4, 0.5) is 4.79 Å². The number of urea groups is 1. The highest BCUT2D eigenvalue weighted by atomic mass is 32.2. The van der Waals surface area contributed by atoms with Crippen molar-refractivity contribution in [2.75, 3.05) is 19.6 Å². The molecule has 0 spiro atoms. The summed E-state index contributed by atoms with van der Waals surface area (Å²) in [6.07, 6.45) is 4.80. The fourth-order valence-corrected chi connectivity index (χ4v) is 5.32. The molecule has 7 heteroatoms. The van der Waals surface area contributed by atoms with Gasteiger partial charge in [0, 0.05) is 31.7 Å². The van der Waals surface area contributed by atoms with Gasteiger partial charge in [-0.15, -0.1) is 0 Å². The van der Waals surface area contributed by atoms with Gasteiger partial charge in [-0.05, 0) is 58.1 Å². The Morgan fingerprint density at radius 2 is 1.81 bits per heavy atom. The summed E-state index contributed by atoms with van der Waals surface area (Å²) in [6.45, 7) is 5.64. The zero-order valence-corrected chi connectivity index (χ0v) is 16.5. The van der Waals surface area contributed by atoms with Gasteiger partial charge in [-0.1, -0.05) is 17.7 Å². The lowest BCUT2D eigenvalue weighted by atomic mass is 10.0. The third kappa shape index (κ3) is 4.20. The topological polar surface area (TPSA) is 69.7 Å². The van der Waals surface area contributed by atoms with Crippen molar-refractivity contribution >= 4 is 16.1 Å². The second-order valence-electron chi connectivity index (χ2n) is 7.50. The van der Waals surface area contributed by atoms with Gasteiger partial charge in [0.25, 0.3) is 0 Å². The van der Waals surface area contributed by atoms with E-state index in [1.807, 2.05) is 24.0 Å². The molecule has 0 bridgehead atoms. The minimum atomic E-state index is -3.51. The number of piperidine rings is 2. The first kappa shape index (κ1) is 19.2. The van der Waals surface area contributed by atoms with Crippen molar-refractivity contribution in [3.05, 3.63) is 29.8 Å². The van der Waals surface area contributed by atoms with Gasteiger partial charge in [0.2, 0.25) is 10.0 Å². The van der Waals surface area contributed by atoms with E-state index in [2.05, 4.69) is 12.2 Å². The maximum atomic E-state index is 12.9. The first-order chi connectivity index (χ1) is 12.4. The molecule has 1 N–H and O–H groups in total. The molecule has 2 aliphatic heterocycles. The number of carbonyl (C=O) groups excluding carboxylic acids is 1. The summed E-state index contributed by atoms with van der Waals surface area (Å²) in [5, 5.41) is 3.06. The molecule has 2 fully saturated rings. The number of hydrogen-bond donors (Lipinski definition) is 1. The van der Waals surface area contributed by atoms with Gasteiger partial charge in [-0.3, -0.25) is 0 Å². The minimum Gasteiger partial charge on any atom is -0.334 e. The van der Waals surface area contributed by atoms with Crippen molar-refractivity contribution in [3.8, 4) is 0 Å². The monoisotopic (exact) mass is 379 g/mol. The Balaban J connectivity index is 1.65. The third-order valence-electron chi connectivity index (χ3n) is 5.43. The van der Waals surface area contributed by atoms with Gasteiger partial charge in [0.1, 0.15) is 0 Å². The summed E-state index contributed by atoms with van der Waals surface area (Å²) in [7, 11) is -3.51. The van der Waals surface area contributed by atoms with Crippen LogP contribution in [0.1, 0.15) is 44.6 Å². The van der Waals surface area contributed by atoms with Crippen LogP contribution in [0.15, 0.2) is 29.2 Å². The fraction of sp³-hybridized carbons (Fsp3) is 0.632. The third-order valence-corrected chi connectivity index (χ3v) is 7.31. The van der Waals surface area contributed by atoms with Crippen LogP contribution in [-0.4, -0.2) is 55.4 Å². The number of sulfonamides is 1. The first-order valence-corrected chi connectivity index (χ1v) is 11.0. The molecular weight excluding hydrogens is 350 g/mol. The number of amides is 2. The molecule has 0 aliphatic carbocycles. The van der Waals surface area contributed by atoms with Crippen LogP contribution in [0.5, 0.6) is 0 Å². The van der Waals surface area contributed by atoms with Crippen LogP contribution in [0.2, 0.25) is 0 Å². The second-order valence-corrected chi connectivity index (χ2v) is 9.44. The number of carbonyl (C=O) groups is 1. The van der Waals surface area contributed by atoms with Crippen LogP contribution >= 0.6 is 0 Å². The van der Waals surface area contributed by atoms with Crippen molar-refractivity contribution in [1.82, 2.24) is 14.5 Å². The Bertz CT molecular complexity index is 733. The van der Waals surface area contributed by atoms with Gasteiger partial charge in [0.15, 0.2) is 0 Å². The standard InChI is InChI=1S/C19H29N3O3S/c1-15-8-10-18(11-9-15)26(24,25)21-12-5-7-17(14-21)20-19(23)22-13-4-3-6-16(22)2/h8-11,16-17H,3-7,12-14H2,1-2H3,(H,20,23)/t16-,17-/m1/s1. The molecule has 0 radical (unpaired) electrons. The van der Waals surface area contributed by atoms with Crippen LogP contribution in [0, 0.1) is 6.92 Å². The van der Waals surface area contributed by atoms with E-state index in [0.29, 0.717) is 18.0 Å². The fourth-order valence-electron chi connectivity index (χ4n) is 3.80. The number of rotatable bonds is 3. The number of benzene rings is 1. The number of nitrogens with zero attached hydrogens (tertiary/aromatic N) is 2. The quantitative estimate of drug-likeness (QED) is 0.878. The molecule has 0 saturated carbocycles. The minimum absolute atomic E-state index is 0.0585. The van der Waals surface area contributed by atoms with E-state index in [-0.39, 0.29) is 18.1 Å². The lowest BCUT2D eigenvalue weighted by Crippen LogP contribution is -2.55. The highest BCUT2D eigenvalue weighted by Crippen LogP contribution is 2.22. The number of nitrogens with one attached hydrogen (secondary N) is 1. The molecule has 3 rings (SSSR count). The van der Waals surface area contributed by atoms with Crippen molar-refractivity contribution in [3.63, 3.8) is 0 Å². The van der Waals surface area contributed by atoms with Gasteiger partial charge in [-0.2, -0.15) is 4.31 Å². The number of aryl methyl sites for hydroxylation is 1. The molecule has 2 atom stereocenters. The van der Waals surface area contributed by atoms with Crippen molar-refractivity contribution in [2.45, 2.75) is 62.9 Å². The summed E-state index contributed by atoms with van der Waals surface area (Å²) in [5.41, 5.74) is 1.03. The Morgan fingerprint density at radius 1 is 1.08 bits per heavy atom. The molecule has 2 heterocycles. The van der Waals surface area contributed by atoms with E-state index in [9.17, 15) is 13.2 Å². The van der Waals surface area contributed by atoms with Gasteiger partial charge >= 0.3 is 6.03 Å². The van der Waals surface area contributed by atoms with Gasteiger partial charge in [0.05, 0.1) is 4.90 Å². The highest BCUT2D eigenvalue weighted by molar-refractivity contribution is 7.89. The lowest BCUT2D eigenvalue weighted by Gasteiger charge is -2.37. The SMILES string of the molecule is Cc1ccc(S(=O)(=O)N2CCC[C@@H](NC(=O)N3CCCC[C@H]3C)C2)cc1. The predicted octanol–water partition coefficient (Wildman–Crippen LogP) is 2.73. The zero-order valence-electron chi connectivity index (χ0n) is 15.6. The van der Waals surface area contributed by atoms with Crippen molar-refractivity contribution in [1.29, 1.82) is 0 Å². The van der Waals surface area contributed by atoms with E-state index >= 15 is 0 Å². The van der Waals surface area contributed by atoms with E-state index in [1.54, 1.807) is 12.1 Å². The summed E-state index contributed by atoms with van der Waals surface area (Å²) < 4.78 is 27.3. The first-order valence-electron chi connectivity index (χ1n) is 9.52. The van der Waals surface area contributed by atoms with Crippen LogP contribution in [0.25, 0.3) is 0 Å². The lowest BCUT2D eigenvalue weighted by molar-refractivity contribution is 0.150. The van der Waals surface area contributed by atoms with Crippen LogP contribution < -0.4 is 5.32 Å². The molecule has 2 aliphatic rings. The molecule has 2 saturated heterocycles. The molecule has 26 heavy (non-hydrogen) atoms. The molecule has 2 amide bonds. The Hall–Kier alpha value is -1.60. The van der Waals surface area contributed by atoms with E-state index < -0.39 is 10.0 Å². The normalized spacial score (nSPS) is 25.1. The predicted molar refractivity (Wildman–Crippen MR) is 102 cm³/mol. The van der Waals surface area contributed by atoms with Crippen molar-refractivity contribution in [2.24, 2.45) is 0 Å². The molecule has 6 nitrogen and oxygen atoms in total. The summed E-state index contributed by atoms with van der Waals surface area (Å²) in [6, 6.07) is 6.99. The largest absolute Gasteiger partial charge is 0.334 e. The van der Waals surface area contributed by atoms with E-state index in [4.69, 9.17) is 0 Å². The molecule has 1 aromatic rings. The van der Waals surface area contributed by atoms with Crippen LogP contribution in [0.3, 0.4) is 0 Å². The average molecular weight is 380 g/mol. The van der Waals surface area contributed by atoms with Gasteiger partial charge in [-0.25, -0.2) is 13.2 Å². The van der Waals surface area contributed by atoms with E-state index in [1.165, 1.54) is 4.31 Å². The smallest absolute Gasteiger partial charge is 0.317 e. The summed E-state index contributed by atoms with van der Waals surface area (Å²) in [5.74, 6) is 0. The molecule has 0 unspecified atom stereocenters. The second kappa shape index (κ2) is 7.96. The Kier molecular flexibility index (Phi) is 5.87. The number of hydrogen-bond acceptors (Lipinski definition) is 3. The Labute approximate surface area is 156 Å². The average Bonchev–Trinajstić information content (AvgIpc) is 2.62. The maximum absolute atomic E-state index is 12.9. The Morgan fingerprint density at radius 3 is 2.50 bits per heavy atom. The maximum Gasteiger partial charge on any atom is 0.317 e. The van der Waals surface area contributed by atoms with Crippen molar-refractivity contribution < 1.29 is 13.2 Å². The van der Waals surface area contributed by atoms with Crippen LogP contribution in [-0.2, 0) is 10.0 Å². The summed E-state index contributed by atoms with van der Waals surface area (Å²) in [4.78, 5) is 14.8. The van der Waals surface area contributed by atoms with Gasteiger partial charge < -0.3 is 10.2 Å². The molecular formula is C19H29N3O3S. The zero-order chi connectivity index (χ0) is 18.7. The summed E-state index contributed by atoms with van der Waals surface area (Å²) >= 11 is 0. The number of likely N-dealkylation sites (tertiary alicyclic amines) is 1. The molecule has 0 aromatic heterocycles. The molecule has 1 aromatic carbocycles. The highest BCUT2D eigenvalue weighted by Gasteiger charge is 2.32. The molecule has 144 valence electrons. The van der Waals surface area contributed by atoms with E-state index in [0.717, 1.165) is 44.2 Å².